The zero-order chi connectivity index (χ0) is 10.8. The van der Waals surface area contributed by atoms with Crippen molar-refractivity contribution in [2.45, 2.75) is 19.8 Å². The van der Waals surface area contributed by atoms with Gasteiger partial charge in [-0.3, -0.25) is 0 Å². The molecule has 0 atom stereocenters. The first-order valence-corrected chi connectivity index (χ1v) is 5.08. The summed E-state index contributed by atoms with van der Waals surface area (Å²) in [6.07, 6.45) is 1.87. The van der Waals surface area contributed by atoms with E-state index in [1.807, 2.05) is 30.5 Å². The summed E-state index contributed by atoms with van der Waals surface area (Å²) in [6.45, 7) is 4.26. The molecule has 2 aromatic rings. The van der Waals surface area contributed by atoms with Crippen LogP contribution in [0.5, 0.6) is 0 Å². The number of nitrogen functional groups attached to an aromatic ring is 1. The summed E-state index contributed by atoms with van der Waals surface area (Å²) in [6, 6.07) is 7.74. The molecule has 3 nitrogen and oxygen atoms in total. The van der Waals surface area contributed by atoms with Gasteiger partial charge in [0.25, 0.3) is 0 Å². The van der Waals surface area contributed by atoms with Crippen LogP contribution in [-0.4, -0.2) is 9.97 Å². The Morgan fingerprint density at radius 2 is 2.00 bits per heavy atom. The Balaban J connectivity index is 2.42. The van der Waals surface area contributed by atoms with Crippen LogP contribution >= 0.6 is 0 Å². The minimum atomic E-state index is 0.455. The van der Waals surface area contributed by atoms with Crippen molar-refractivity contribution in [1.82, 2.24) is 9.97 Å². The third-order valence-electron chi connectivity index (χ3n) is 2.43. The molecule has 0 unspecified atom stereocenters. The van der Waals surface area contributed by atoms with Gasteiger partial charge in [0.2, 0.25) is 0 Å². The smallest absolute Gasteiger partial charge is 0.139 e. The Labute approximate surface area is 89.4 Å². The molecule has 0 aliphatic heterocycles. The summed E-state index contributed by atoms with van der Waals surface area (Å²) < 4.78 is 0. The lowest BCUT2D eigenvalue weighted by Crippen LogP contribution is -1.91. The number of H-pyrrole nitrogens is 1. The van der Waals surface area contributed by atoms with E-state index in [0.29, 0.717) is 5.92 Å². The molecule has 2 rings (SSSR count). The molecule has 78 valence electrons. The lowest BCUT2D eigenvalue weighted by Gasteiger charge is -2.02. The first kappa shape index (κ1) is 9.77. The van der Waals surface area contributed by atoms with Crippen molar-refractivity contribution < 1.29 is 0 Å². The van der Waals surface area contributed by atoms with E-state index in [4.69, 9.17) is 5.73 Å². The fourth-order valence-electron chi connectivity index (χ4n) is 1.48. The molecule has 0 saturated carbocycles. The van der Waals surface area contributed by atoms with Gasteiger partial charge in [0.15, 0.2) is 0 Å². The highest BCUT2D eigenvalue weighted by Gasteiger charge is 2.07. The normalized spacial score (nSPS) is 10.9. The molecule has 0 aliphatic rings. The summed E-state index contributed by atoms with van der Waals surface area (Å²) in [5.74, 6) is 1.30. The Morgan fingerprint density at radius 3 is 2.60 bits per heavy atom. The van der Waals surface area contributed by atoms with Crippen molar-refractivity contribution in [1.29, 1.82) is 0 Å². The molecule has 0 radical (unpaired) electrons. The van der Waals surface area contributed by atoms with Crippen molar-refractivity contribution in [3.05, 3.63) is 36.2 Å². The Morgan fingerprint density at radius 1 is 1.27 bits per heavy atom. The number of rotatable bonds is 2. The summed E-state index contributed by atoms with van der Waals surface area (Å²) in [5, 5.41) is 0. The molecular weight excluding hydrogens is 186 g/mol. The maximum Gasteiger partial charge on any atom is 0.139 e. The molecule has 1 aromatic carbocycles. The van der Waals surface area contributed by atoms with Crippen LogP contribution in [0.4, 0.5) is 5.69 Å². The van der Waals surface area contributed by atoms with E-state index in [1.165, 1.54) is 0 Å². The third-order valence-corrected chi connectivity index (χ3v) is 2.43. The van der Waals surface area contributed by atoms with Gasteiger partial charge < -0.3 is 10.7 Å². The van der Waals surface area contributed by atoms with Crippen LogP contribution in [0.3, 0.4) is 0 Å². The van der Waals surface area contributed by atoms with E-state index in [9.17, 15) is 0 Å². The maximum absolute atomic E-state index is 5.88. The van der Waals surface area contributed by atoms with E-state index < -0.39 is 0 Å². The lowest BCUT2D eigenvalue weighted by atomic mass is 10.1. The second-order valence-electron chi connectivity index (χ2n) is 3.93. The van der Waals surface area contributed by atoms with Crippen molar-refractivity contribution >= 4 is 5.69 Å². The van der Waals surface area contributed by atoms with Crippen LogP contribution in [0.2, 0.25) is 0 Å². The molecule has 0 aliphatic carbocycles. The van der Waals surface area contributed by atoms with Crippen LogP contribution < -0.4 is 5.73 Å². The number of para-hydroxylation sites is 1. The van der Waals surface area contributed by atoms with Gasteiger partial charge in [0.05, 0.1) is 0 Å². The quantitative estimate of drug-likeness (QED) is 0.734. The number of benzene rings is 1. The molecule has 0 saturated heterocycles. The second kappa shape index (κ2) is 3.77. The molecule has 3 heteroatoms. The van der Waals surface area contributed by atoms with Gasteiger partial charge in [-0.15, -0.1) is 0 Å². The van der Waals surface area contributed by atoms with Gasteiger partial charge in [-0.1, -0.05) is 26.0 Å². The third kappa shape index (κ3) is 1.86. The molecule has 1 aromatic heterocycles. The van der Waals surface area contributed by atoms with Gasteiger partial charge >= 0.3 is 0 Å². The zero-order valence-corrected chi connectivity index (χ0v) is 8.99. The molecular formula is C12H15N3. The molecule has 0 amide bonds. The SMILES string of the molecule is CC(C)c1cnc(-c2ccccc2N)[nH]1. The molecule has 0 fully saturated rings. The molecule has 1 heterocycles. The van der Waals surface area contributed by atoms with Gasteiger partial charge in [0.1, 0.15) is 5.82 Å². The number of hydrogen-bond donors (Lipinski definition) is 2. The predicted octanol–water partition coefficient (Wildman–Crippen LogP) is 2.78. The number of hydrogen-bond acceptors (Lipinski definition) is 2. The molecule has 0 spiro atoms. The van der Waals surface area contributed by atoms with Crippen molar-refractivity contribution in [3.8, 4) is 11.4 Å². The van der Waals surface area contributed by atoms with E-state index in [2.05, 4.69) is 23.8 Å². The van der Waals surface area contributed by atoms with Gasteiger partial charge in [0, 0.05) is 23.1 Å². The van der Waals surface area contributed by atoms with Crippen LogP contribution in [0, 0.1) is 0 Å². The number of aromatic nitrogens is 2. The van der Waals surface area contributed by atoms with E-state index in [-0.39, 0.29) is 0 Å². The topological polar surface area (TPSA) is 54.7 Å². The van der Waals surface area contributed by atoms with Gasteiger partial charge in [-0.2, -0.15) is 0 Å². The Kier molecular flexibility index (Phi) is 2.46. The highest BCUT2D eigenvalue weighted by molar-refractivity contribution is 5.71. The lowest BCUT2D eigenvalue weighted by molar-refractivity contribution is 0.833. The van der Waals surface area contributed by atoms with E-state index >= 15 is 0 Å². The fourth-order valence-corrected chi connectivity index (χ4v) is 1.48. The highest BCUT2D eigenvalue weighted by Crippen LogP contribution is 2.24. The van der Waals surface area contributed by atoms with Crippen molar-refractivity contribution in [2.24, 2.45) is 0 Å². The molecule has 15 heavy (non-hydrogen) atoms. The van der Waals surface area contributed by atoms with Gasteiger partial charge in [-0.25, -0.2) is 4.98 Å². The maximum atomic E-state index is 5.88. The minimum Gasteiger partial charge on any atom is -0.398 e. The van der Waals surface area contributed by atoms with Crippen LogP contribution in [-0.2, 0) is 0 Å². The Bertz CT molecular complexity index is 457. The summed E-state index contributed by atoms with van der Waals surface area (Å²) in [7, 11) is 0. The first-order valence-electron chi connectivity index (χ1n) is 5.08. The fraction of sp³-hybridized carbons (Fsp3) is 0.250. The summed E-state index contributed by atoms with van der Waals surface area (Å²) in [4.78, 5) is 7.61. The highest BCUT2D eigenvalue weighted by atomic mass is 14.9. The standard InChI is InChI=1S/C12H15N3/c1-8(2)11-7-14-12(15-11)9-5-3-4-6-10(9)13/h3-8H,13H2,1-2H3,(H,14,15). The monoisotopic (exact) mass is 201 g/mol. The summed E-state index contributed by atoms with van der Waals surface area (Å²) in [5.41, 5.74) is 8.72. The molecule has 3 N–H and O–H groups in total. The van der Waals surface area contributed by atoms with E-state index in [1.54, 1.807) is 0 Å². The summed E-state index contributed by atoms with van der Waals surface area (Å²) >= 11 is 0. The number of aromatic amines is 1. The number of nitrogens with one attached hydrogen (secondary N) is 1. The molecule has 0 bridgehead atoms. The largest absolute Gasteiger partial charge is 0.398 e. The number of nitrogens with zero attached hydrogens (tertiary/aromatic N) is 1. The van der Waals surface area contributed by atoms with Crippen molar-refractivity contribution in [3.63, 3.8) is 0 Å². The zero-order valence-electron chi connectivity index (χ0n) is 8.99. The van der Waals surface area contributed by atoms with Crippen molar-refractivity contribution in [2.75, 3.05) is 5.73 Å². The average molecular weight is 201 g/mol. The average Bonchev–Trinajstić information content (AvgIpc) is 2.67. The van der Waals surface area contributed by atoms with E-state index in [0.717, 1.165) is 22.8 Å². The first-order chi connectivity index (χ1) is 7.18. The van der Waals surface area contributed by atoms with Crippen LogP contribution in [0.25, 0.3) is 11.4 Å². The van der Waals surface area contributed by atoms with Crippen LogP contribution in [0.1, 0.15) is 25.5 Å². The Hall–Kier alpha value is -1.77. The van der Waals surface area contributed by atoms with Crippen LogP contribution in [0.15, 0.2) is 30.5 Å². The minimum absolute atomic E-state index is 0.455. The predicted molar refractivity (Wildman–Crippen MR) is 62.5 cm³/mol. The second-order valence-corrected chi connectivity index (χ2v) is 3.93. The van der Waals surface area contributed by atoms with Gasteiger partial charge in [-0.05, 0) is 18.1 Å². The number of nitrogens with two attached hydrogens (primary N) is 1. The number of imidazole rings is 1. The number of anilines is 1.